The van der Waals surface area contributed by atoms with Crippen LogP contribution in [0.2, 0.25) is 0 Å². The molecule has 1 N–H and O–H groups in total. The number of hydrogen-bond donors (Lipinski definition) is 1. The summed E-state index contributed by atoms with van der Waals surface area (Å²) in [5.41, 5.74) is 1.33. The van der Waals surface area contributed by atoms with Gasteiger partial charge in [-0.05, 0) is 37.0 Å². The molecule has 0 spiro atoms. The quantitative estimate of drug-likeness (QED) is 0.919. The van der Waals surface area contributed by atoms with Gasteiger partial charge in [-0.2, -0.15) is 0 Å². The van der Waals surface area contributed by atoms with Crippen LogP contribution in [0.25, 0.3) is 0 Å². The van der Waals surface area contributed by atoms with Crippen molar-refractivity contribution < 1.29 is 23.0 Å². The van der Waals surface area contributed by atoms with E-state index in [1.54, 1.807) is 6.07 Å². The molecule has 0 saturated carbocycles. The first kappa shape index (κ1) is 14.4. The summed E-state index contributed by atoms with van der Waals surface area (Å²) in [5.74, 6) is -0.356. The van der Waals surface area contributed by atoms with Gasteiger partial charge in [0.1, 0.15) is 11.9 Å². The average Bonchev–Trinajstić information content (AvgIpc) is 2.97. The number of aryl methyl sites for hydroxylation is 2. The first-order chi connectivity index (χ1) is 9.94. The Bertz CT molecular complexity index is 627. The minimum Gasteiger partial charge on any atom is -0.405 e. The SMILES string of the molecule is OC(c1cc2c(s1)CCC2)c1ccccc1OC(F)(F)F. The molecule has 21 heavy (non-hydrogen) atoms. The zero-order valence-corrected chi connectivity index (χ0v) is 11.8. The summed E-state index contributed by atoms with van der Waals surface area (Å²) in [4.78, 5) is 1.89. The Morgan fingerprint density at radius 2 is 1.95 bits per heavy atom. The highest BCUT2D eigenvalue weighted by molar-refractivity contribution is 7.12. The summed E-state index contributed by atoms with van der Waals surface area (Å²) in [6.45, 7) is 0. The largest absolute Gasteiger partial charge is 0.573 e. The van der Waals surface area contributed by atoms with E-state index in [-0.39, 0.29) is 11.3 Å². The summed E-state index contributed by atoms with van der Waals surface area (Å²) in [6, 6.07) is 7.60. The molecule has 1 unspecified atom stereocenters. The lowest BCUT2D eigenvalue weighted by Crippen LogP contribution is -2.18. The molecule has 112 valence electrons. The van der Waals surface area contributed by atoms with E-state index < -0.39 is 12.5 Å². The number of halogens is 3. The zero-order valence-electron chi connectivity index (χ0n) is 11.0. The van der Waals surface area contributed by atoms with Gasteiger partial charge in [0.15, 0.2) is 0 Å². The van der Waals surface area contributed by atoms with Crippen molar-refractivity contribution in [1.29, 1.82) is 0 Å². The number of rotatable bonds is 3. The number of thiophene rings is 1. The van der Waals surface area contributed by atoms with Crippen LogP contribution < -0.4 is 4.74 Å². The van der Waals surface area contributed by atoms with E-state index in [0.29, 0.717) is 4.88 Å². The van der Waals surface area contributed by atoms with Crippen molar-refractivity contribution in [2.75, 3.05) is 0 Å². The zero-order chi connectivity index (χ0) is 15.0. The minimum atomic E-state index is -4.77. The number of benzene rings is 1. The van der Waals surface area contributed by atoms with Gasteiger partial charge in [-0.1, -0.05) is 18.2 Å². The molecule has 0 amide bonds. The molecule has 1 atom stereocenters. The molecule has 2 aromatic rings. The number of alkyl halides is 3. The molecule has 0 fully saturated rings. The maximum absolute atomic E-state index is 12.4. The molecule has 0 aliphatic heterocycles. The molecule has 3 rings (SSSR count). The smallest absolute Gasteiger partial charge is 0.405 e. The van der Waals surface area contributed by atoms with Crippen LogP contribution in [0, 0.1) is 0 Å². The van der Waals surface area contributed by atoms with E-state index in [0.717, 1.165) is 19.3 Å². The lowest BCUT2D eigenvalue weighted by Gasteiger charge is -2.16. The second kappa shape index (κ2) is 5.35. The molecule has 1 aromatic carbocycles. The summed E-state index contributed by atoms with van der Waals surface area (Å²) in [6.07, 6.45) is -2.82. The van der Waals surface area contributed by atoms with Crippen LogP contribution in [0.1, 0.15) is 33.4 Å². The van der Waals surface area contributed by atoms with Gasteiger partial charge in [0.05, 0.1) is 0 Å². The molecule has 0 saturated heterocycles. The van der Waals surface area contributed by atoms with Crippen molar-refractivity contribution in [3.63, 3.8) is 0 Å². The molecular formula is C15H13F3O2S. The fraction of sp³-hybridized carbons (Fsp3) is 0.333. The van der Waals surface area contributed by atoms with E-state index in [4.69, 9.17) is 0 Å². The topological polar surface area (TPSA) is 29.5 Å². The van der Waals surface area contributed by atoms with Crippen molar-refractivity contribution in [3.8, 4) is 5.75 Å². The van der Waals surface area contributed by atoms with Crippen molar-refractivity contribution in [2.24, 2.45) is 0 Å². The Hall–Kier alpha value is -1.53. The van der Waals surface area contributed by atoms with Crippen LogP contribution in [0.15, 0.2) is 30.3 Å². The van der Waals surface area contributed by atoms with Gasteiger partial charge in [0.25, 0.3) is 0 Å². The number of ether oxygens (including phenoxy) is 1. The van der Waals surface area contributed by atoms with Crippen molar-refractivity contribution >= 4 is 11.3 Å². The number of hydrogen-bond acceptors (Lipinski definition) is 3. The first-order valence-electron chi connectivity index (χ1n) is 6.58. The Kier molecular flexibility index (Phi) is 3.67. The lowest BCUT2D eigenvalue weighted by atomic mass is 10.1. The summed E-state index contributed by atoms with van der Waals surface area (Å²) in [7, 11) is 0. The molecular weight excluding hydrogens is 301 g/mol. The van der Waals surface area contributed by atoms with Gasteiger partial charge in [-0.3, -0.25) is 0 Å². The third-order valence-corrected chi connectivity index (χ3v) is 4.76. The fourth-order valence-corrected chi connectivity index (χ4v) is 3.83. The van der Waals surface area contributed by atoms with Crippen LogP contribution in [0.5, 0.6) is 5.75 Å². The normalized spacial score (nSPS) is 15.8. The van der Waals surface area contributed by atoms with Gasteiger partial charge < -0.3 is 9.84 Å². The maximum Gasteiger partial charge on any atom is 0.573 e. The molecule has 1 aromatic heterocycles. The van der Waals surface area contributed by atoms with E-state index >= 15 is 0 Å². The van der Waals surface area contributed by atoms with Crippen molar-refractivity contribution in [1.82, 2.24) is 0 Å². The fourth-order valence-electron chi connectivity index (χ4n) is 2.56. The summed E-state index contributed by atoms with van der Waals surface area (Å²) in [5, 5.41) is 10.4. The molecule has 6 heteroatoms. The van der Waals surface area contributed by atoms with E-state index in [1.165, 1.54) is 40.0 Å². The molecule has 2 nitrogen and oxygen atoms in total. The number of para-hydroxylation sites is 1. The van der Waals surface area contributed by atoms with Crippen molar-refractivity contribution in [2.45, 2.75) is 31.7 Å². The van der Waals surface area contributed by atoms with Crippen LogP contribution >= 0.6 is 11.3 Å². The number of fused-ring (bicyclic) bond motifs is 1. The van der Waals surface area contributed by atoms with E-state index in [1.807, 2.05) is 6.07 Å². The number of aliphatic hydroxyl groups excluding tert-OH is 1. The summed E-state index contributed by atoms with van der Waals surface area (Å²) < 4.78 is 41.3. The predicted molar refractivity (Wildman–Crippen MR) is 73.5 cm³/mol. The monoisotopic (exact) mass is 314 g/mol. The second-order valence-electron chi connectivity index (χ2n) is 4.94. The minimum absolute atomic E-state index is 0.134. The molecule has 0 radical (unpaired) electrons. The molecule has 1 heterocycles. The lowest BCUT2D eigenvalue weighted by molar-refractivity contribution is -0.275. The highest BCUT2D eigenvalue weighted by Crippen LogP contribution is 2.39. The van der Waals surface area contributed by atoms with Gasteiger partial charge in [-0.15, -0.1) is 24.5 Å². The van der Waals surface area contributed by atoms with E-state index in [2.05, 4.69) is 4.74 Å². The van der Waals surface area contributed by atoms with Gasteiger partial charge in [0.2, 0.25) is 0 Å². The Morgan fingerprint density at radius 1 is 1.19 bits per heavy atom. The standard InChI is InChI=1S/C15H13F3O2S/c16-15(17,18)20-11-6-2-1-5-10(11)14(19)13-8-9-4-3-7-12(9)21-13/h1-2,5-6,8,14,19H,3-4,7H2. The Balaban J connectivity index is 1.91. The Labute approximate surface area is 123 Å². The van der Waals surface area contributed by atoms with Crippen LogP contribution in [-0.2, 0) is 12.8 Å². The molecule has 1 aliphatic rings. The average molecular weight is 314 g/mol. The predicted octanol–water partition coefficient (Wildman–Crippen LogP) is 4.22. The molecule has 0 bridgehead atoms. The van der Waals surface area contributed by atoms with E-state index in [9.17, 15) is 18.3 Å². The van der Waals surface area contributed by atoms with Crippen LogP contribution in [0.3, 0.4) is 0 Å². The third kappa shape index (κ3) is 3.06. The Morgan fingerprint density at radius 3 is 2.67 bits per heavy atom. The van der Waals surface area contributed by atoms with Crippen molar-refractivity contribution in [3.05, 3.63) is 51.2 Å². The van der Waals surface area contributed by atoms with Gasteiger partial charge >= 0.3 is 6.36 Å². The highest BCUT2D eigenvalue weighted by Gasteiger charge is 2.33. The highest BCUT2D eigenvalue weighted by atomic mass is 32.1. The van der Waals surface area contributed by atoms with Crippen LogP contribution in [0.4, 0.5) is 13.2 Å². The second-order valence-corrected chi connectivity index (χ2v) is 6.11. The van der Waals surface area contributed by atoms with Crippen LogP contribution in [-0.4, -0.2) is 11.5 Å². The van der Waals surface area contributed by atoms with Gasteiger partial charge in [-0.25, -0.2) is 0 Å². The maximum atomic E-state index is 12.4. The first-order valence-corrected chi connectivity index (χ1v) is 7.40. The third-order valence-electron chi connectivity index (χ3n) is 3.47. The number of aliphatic hydroxyl groups is 1. The summed E-state index contributed by atoms with van der Waals surface area (Å²) >= 11 is 1.46. The molecule has 1 aliphatic carbocycles. The van der Waals surface area contributed by atoms with Gasteiger partial charge in [0, 0.05) is 15.3 Å².